The van der Waals surface area contributed by atoms with Gasteiger partial charge >= 0.3 is 0 Å². The molecule has 0 aliphatic carbocycles. The molecule has 1 saturated heterocycles. The highest BCUT2D eigenvalue weighted by molar-refractivity contribution is 8.00. The van der Waals surface area contributed by atoms with E-state index in [0.717, 1.165) is 24.3 Å². The van der Waals surface area contributed by atoms with Gasteiger partial charge in [0.1, 0.15) is 0 Å². The van der Waals surface area contributed by atoms with Crippen LogP contribution in [0.3, 0.4) is 0 Å². The third-order valence-electron chi connectivity index (χ3n) is 3.47. The van der Waals surface area contributed by atoms with Crippen molar-refractivity contribution in [3.63, 3.8) is 0 Å². The van der Waals surface area contributed by atoms with Gasteiger partial charge in [-0.1, -0.05) is 18.2 Å². The van der Waals surface area contributed by atoms with Crippen molar-refractivity contribution in [2.45, 2.75) is 37.2 Å². The Kier molecular flexibility index (Phi) is 4.53. The van der Waals surface area contributed by atoms with Crippen molar-refractivity contribution >= 4 is 17.7 Å². The van der Waals surface area contributed by atoms with Crippen LogP contribution in [-0.4, -0.2) is 40.4 Å². The van der Waals surface area contributed by atoms with Crippen molar-refractivity contribution in [2.75, 3.05) is 18.8 Å². The molecule has 1 atom stereocenters. The number of carbonyl (C=O) groups is 1. The van der Waals surface area contributed by atoms with Gasteiger partial charge < -0.3 is 10.0 Å². The molecular formula is C15H21NO2S. The summed E-state index contributed by atoms with van der Waals surface area (Å²) < 4.78 is 0. The van der Waals surface area contributed by atoms with Gasteiger partial charge in [-0.15, -0.1) is 11.8 Å². The van der Waals surface area contributed by atoms with Crippen molar-refractivity contribution in [1.29, 1.82) is 0 Å². The lowest BCUT2D eigenvalue weighted by Crippen LogP contribution is -2.49. The monoisotopic (exact) mass is 279 g/mol. The lowest BCUT2D eigenvalue weighted by atomic mass is 9.95. The van der Waals surface area contributed by atoms with Crippen molar-refractivity contribution in [3.05, 3.63) is 29.8 Å². The Morgan fingerprint density at radius 1 is 1.47 bits per heavy atom. The van der Waals surface area contributed by atoms with Crippen LogP contribution in [0.25, 0.3) is 0 Å². The van der Waals surface area contributed by atoms with Crippen LogP contribution in [0, 0.1) is 6.92 Å². The standard InChI is InChI=1S/C15H21NO2S/c1-12-6-3-4-7-13(12)19-10-14(17)16-9-5-8-15(2,18)11-16/h3-4,6-7,18H,5,8-11H2,1-2H3. The van der Waals surface area contributed by atoms with Crippen LogP contribution in [0.15, 0.2) is 29.2 Å². The molecule has 1 aromatic rings. The van der Waals surface area contributed by atoms with Crippen LogP contribution >= 0.6 is 11.8 Å². The lowest BCUT2D eigenvalue weighted by molar-refractivity contribution is -0.134. The van der Waals surface area contributed by atoms with Gasteiger partial charge in [0.05, 0.1) is 11.4 Å². The fraction of sp³-hybridized carbons (Fsp3) is 0.533. The predicted octanol–water partition coefficient (Wildman–Crippen LogP) is 2.46. The van der Waals surface area contributed by atoms with E-state index >= 15 is 0 Å². The summed E-state index contributed by atoms with van der Waals surface area (Å²) >= 11 is 1.58. The topological polar surface area (TPSA) is 40.5 Å². The average Bonchev–Trinajstić information content (AvgIpc) is 2.36. The van der Waals surface area contributed by atoms with Crippen LogP contribution in [-0.2, 0) is 4.79 Å². The minimum atomic E-state index is -0.721. The number of benzene rings is 1. The molecule has 104 valence electrons. The number of amides is 1. The van der Waals surface area contributed by atoms with Gasteiger partial charge in [-0.2, -0.15) is 0 Å². The van der Waals surface area contributed by atoms with Gasteiger partial charge in [-0.3, -0.25) is 4.79 Å². The smallest absolute Gasteiger partial charge is 0.233 e. The van der Waals surface area contributed by atoms with E-state index in [2.05, 4.69) is 13.0 Å². The number of aryl methyl sites for hydroxylation is 1. The molecule has 4 heteroatoms. The Hall–Kier alpha value is -1.00. The minimum absolute atomic E-state index is 0.119. The van der Waals surface area contributed by atoms with Crippen LogP contribution in [0.1, 0.15) is 25.3 Å². The fourth-order valence-corrected chi connectivity index (χ4v) is 3.31. The molecule has 2 rings (SSSR count). The van der Waals surface area contributed by atoms with E-state index in [0.29, 0.717) is 12.3 Å². The number of carbonyl (C=O) groups excluding carboxylic acids is 1. The Morgan fingerprint density at radius 2 is 2.21 bits per heavy atom. The second-order valence-electron chi connectivity index (χ2n) is 5.47. The highest BCUT2D eigenvalue weighted by Gasteiger charge is 2.30. The maximum Gasteiger partial charge on any atom is 0.233 e. The lowest BCUT2D eigenvalue weighted by Gasteiger charge is -2.36. The Morgan fingerprint density at radius 3 is 2.89 bits per heavy atom. The van der Waals surface area contributed by atoms with Crippen LogP contribution in [0.5, 0.6) is 0 Å². The zero-order valence-corrected chi connectivity index (χ0v) is 12.4. The third kappa shape index (κ3) is 3.98. The summed E-state index contributed by atoms with van der Waals surface area (Å²) in [5.74, 6) is 0.564. The molecule has 1 aliphatic heterocycles. The van der Waals surface area contributed by atoms with E-state index in [4.69, 9.17) is 0 Å². The normalized spacial score (nSPS) is 23.4. The Bertz CT molecular complexity index is 459. The maximum atomic E-state index is 12.2. The summed E-state index contributed by atoms with van der Waals surface area (Å²) in [5, 5.41) is 10.0. The summed E-state index contributed by atoms with van der Waals surface area (Å²) in [5.41, 5.74) is 0.479. The first-order chi connectivity index (χ1) is 8.98. The number of β-amino-alcohol motifs (C(OH)–C–C–N with tert-alkyl or cyclic N) is 1. The van der Waals surface area contributed by atoms with Gasteiger partial charge in [-0.25, -0.2) is 0 Å². The molecule has 0 spiro atoms. The van der Waals surface area contributed by atoms with Crippen molar-refractivity contribution in [2.24, 2.45) is 0 Å². The molecule has 1 heterocycles. The molecule has 1 unspecified atom stereocenters. The molecule has 19 heavy (non-hydrogen) atoms. The quantitative estimate of drug-likeness (QED) is 0.864. The minimum Gasteiger partial charge on any atom is -0.388 e. The van der Waals surface area contributed by atoms with Gasteiger partial charge in [0.15, 0.2) is 0 Å². The molecule has 3 nitrogen and oxygen atoms in total. The van der Waals surface area contributed by atoms with Crippen LogP contribution in [0.4, 0.5) is 0 Å². The van der Waals surface area contributed by atoms with Gasteiger partial charge in [0.2, 0.25) is 5.91 Å². The molecule has 1 aliphatic rings. The number of nitrogens with zero attached hydrogens (tertiary/aromatic N) is 1. The van der Waals surface area contributed by atoms with Crippen molar-refractivity contribution in [3.8, 4) is 0 Å². The van der Waals surface area contributed by atoms with Gasteiger partial charge in [-0.05, 0) is 38.3 Å². The van der Waals surface area contributed by atoms with E-state index in [1.165, 1.54) is 5.56 Å². The first kappa shape index (κ1) is 14.4. The summed E-state index contributed by atoms with van der Waals surface area (Å²) in [4.78, 5) is 15.1. The molecular weight excluding hydrogens is 258 g/mol. The summed E-state index contributed by atoms with van der Waals surface area (Å²) in [7, 11) is 0. The number of piperidine rings is 1. The molecule has 0 radical (unpaired) electrons. The first-order valence-electron chi connectivity index (χ1n) is 6.66. The molecule has 1 amide bonds. The SMILES string of the molecule is Cc1ccccc1SCC(=O)N1CCCC(C)(O)C1. The second-order valence-corrected chi connectivity index (χ2v) is 6.49. The molecule has 1 fully saturated rings. The molecule has 0 saturated carbocycles. The van der Waals surface area contributed by atoms with Crippen molar-refractivity contribution < 1.29 is 9.90 Å². The fourth-order valence-electron chi connectivity index (χ4n) is 2.38. The van der Waals surface area contributed by atoms with Crippen LogP contribution < -0.4 is 0 Å². The summed E-state index contributed by atoms with van der Waals surface area (Å²) in [6, 6.07) is 8.09. The third-order valence-corrected chi connectivity index (χ3v) is 4.63. The number of hydrogen-bond donors (Lipinski definition) is 1. The molecule has 1 aromatic carbocycles. The van der Waals surface area contributed by atoms with Crippen molar-refractivity contribution in [1.82, 2.24) is 4.90 Å². The number of likely N-dealkylation sites (tertiary alicyclic amines) is 1. The number of aliphatic hydroxyl groups is 1. The predicted molar refractivity (Wildman–Crippen MR) is 78.3 cm³/mol. The van der Waals surface area contributed by atoms with E-state index in [1.54, 1.807) is 23.6 Å². The zero-order chi connectivity index (χ0) is 13.9. The molecule has 1 N–H and O–H groups in total. The summed E-state index contributed by atoms with van der Waals surface area (Å²) in [6.45, 7) is 5.09. The molecule has 0 aromatic heterocycles. The largest absolute Gasteiger partial charge is 0.388 e. The first-order valence-corrected chi connectivity index (χ1v) is 7.65. The molecule has 0 bridgehead atoms. The van der Waals surface area contributed by atoms with Crippen LogP contribution in [0.2, 0.25) is 0 Å². The summed E-state index contributed by atoms with van der Waals surface area (Å²) in [6.07, 6.45) is 1.66. The highest BCUT2D eigenvalue weighted by atomic mass is 32.2. The van der Waals surface area contributed by atoms with E-state index in [9.17, 15) is 9.90 Å². The second kappa shape index (κ2) is 5.97. The number of thioether (sulfide) groups is 1. The van der Waals surface area contributed by atoms with E-state index in [1.807, 2.05) is 18.2 Å². The highest BCUT2D eigenvalue weighted by Crippen LogP contribution is 2.24. The van der Waals surface area contributed by atoms with Gasteiger partial charge in [0.25, 0.3) is 0 Å². The maximum absolute atomic E-state index is 12.2. The van der Waals surface area contributed by atoms with E-state index in [-0.39, 0.29) is 5.91 Å². The number of rotatable bonds is 3. The Labute approximate surface area is 119 Å². The van der Waals surface area contributed by atoms with E-state index < -0.39 is 5.60 Å². The average molecular weight is 279 g/mol. The zero-order valence-electron chi connectivity index (χ0n) is 11.6. The number of hydrogen-bond acceptors (Lipinski definition) is 3. The van der Waals surface area contributed by atoms with Gasteiger partial charge in [0, 0.05) is 18.0 Å². The Balaban J connectivity index is 1.90.